The van der Waals surface area contributed by atoms with Crippen molar-refractivity contribution in [1.82, 2.24) is 25.4 Å². The molecule has 0 bridgehead atoms. The molecule has 2 unspecified atom stereocenters. The largest absolute Gasteiger partial charge is 0.477 e. The summed E-state index contributed by atoms with van der Waals surface area (Å²) in [6.07, 6.45) is -0.455. The van der Waals surface area contributed by atoms with Crippen molar-refractivity contribution in [2.75, 3.05) is 23.8 Å². The first-order chi connectivity index (χ1) is 16.8. The molecular formula is C18H20N8O5S4. The summed E-state index contributed by atoms with van der Waals surface area (Å²) in [4.78, 5) is 48.5. The summed E-state index contributed by atoms with van der Waals surface area (Å²) in [5.74, 6) is -1.69. The molecule has 186 valence electrons. The number of thiazole rings is 1. The number of thioether (sulfide) groups is 2. The van der Waals surface area contributed by atoms with Crippen molar-refractivity contribution in [2.24, 2.45) is 10.9 Å². The Morgan fingerprint density at radius 2 is 2.26 bits per heavy atom. The molecule has 2 aromatic heterocycles. The third-order valence-electron chi connectivity index (χ3n) is 4.88. The van der Waals surface area contributed by atoms with Gasteiger partial charge in [-0.15, -0.1) is 33.3 Å². The SMILES string of the molecule is CC(CN)O/N=C(/C(=O)NC1C(=O)N2C(C(=O)O)=C(CSc3nncs3)CS[C@H]12)c1csc(N)n1. The highest BCUT2D eigenvalue weighted by Crippen LogP contribution is 2.41. The number of oxime groups is 1. The molecule has 0 aliphatic carbocycles. The van der Waals surface area contributed by atoms with E-state index in [-0.39, 0.29) is 28.8 Å². The zero-order valence-corrected chi connectivity index (χ0v) is 21.4. The Bertz CT molecular complexity index is 1180. The number of carbonyl (C=O) groups is 3. The number of nitrogens with zero attached hydrogens (tertiary/aromatic N) is 5. The number of aromatic nitrogens is 3. The number of hydrogen-bond donors (Lipinski definition) is 4. The smallest absolute Gasteiger partial charge is 0.352 e. The molecule has 0 aromatic carbocycles. The highest BCUT2D eigenvalue weighted by molar-refractivity contribution is 8.01. The Morgan fingerprint density at radius 1 is 1.46 bits per heavy atom. The molecule has 6 N–H and O–H groups in total. The number of carboxylic acids is 1. The topological polar surface area (TPSA) is 199 Å². The first kappa shape index (κ1) is 25.4. The zero-order chi connectivity index (χ0) is 25.1. The maximum Gasteiger partial charge on any atom is 0.352 e. The van der Waals surface area contributed by atoms with E-state index in [1.54, 1.807) is 17.8 Å². The molecule has 1 fully saturated rings. The number of nitrogen functional groups attached to an aromatic ring is 1. The van der Waals surface area contributed by atoms with Gasteiger partial charge in [0.15, 0.2) is 15.2 Å². The molecule has 2 aromatic rings. The number of nitrogens with two attached hydrogens (primary N) is 2. The predicted molar refractivity (Wildman–Crippen MR) is 133 cm³/mol. The number of amides is 2. The summed E-state index contributed by atoms with van der Waals surface area (Å²) in [6.45, 7) is 1.86. The van der Waals surface area contributed by atoms with E-state index in [9.17, 15) is 19.5 Å². The molecular weight excluding hydrogens is 537 g/mol. The van der Waals surface area contributed by atoms with E-state index in [0.717, 1.165) is 11.3 Å². The van der Waals surface area contributed by atoms with Crippen LogP contribution < -0.4 is 16.8 Å². The van der Waals surface area contributed by atoms with Gasteiger partial charge in [-0.3, -0.25) is 14.5 Å². The zero-order valence-electron chi connectivity index (χ0n) is 18.1. The van der Waals surface area contributed by atoms with Crippen molar-refractivity contribution >= 4 is 74.8 Å². The third kappa shape index (κ3) is 5.43. The average molecular weight is 557 g/mol. The maximum absolute atomic E-state index is 13.0. The number of anilines is 1. The second-order valence-electron chi connectivity index (χ2n) is 7.27. The average Bonchev–Trinajstić information content (AvgIpc) is 3.52. The fourth-order valence-electron chi connectivity index (χ4n) is 3.17. The molecule has 4 rings (SSSR count). The molecule has 13 nitrogen and oxygen atoms in total. The van der Waals surface area contributed by atoms with Crippen LogP contribution in [0.1, 0.15) is 12.6 Å². The van der Waals surface area contributed by atoms with E-state index in [0.29, 0.717) is 21.4 Å². The van der Waals surface area contributed by atoms with Crippen LogP contribution in [0, 0.1) is 0 Å². The van der Waals surface area contributed by atoms with Crippen LogP contribution in [0.3, 0.4) is 0 Å². The summed E-state index contributed by atoms with van der Waals surface area (Å²) in [5.41, 5.74) is 13.4. The van der Waals surface area contributed by atoms with E-state index in [1.165, 1.54) is 39.8 Å². The monoisotopic (exact) mass is 556 g/mol. The Labute approximate surface area is 215 Å². The molecule has 1 saturated heterocycles. The van der Waals surface area contributed by atoms with Gasteiger partial charge in [0.05, 0.1) is 0 Å². The molecule has 0 saturated carbocycles. The Morgan fingerprint density at radius 3 is 2.89 bits per heavy atom. The van der Waals surface area contributed by atoms with Gasteiger partial charge in [-0.25, -0.2) is 9.78 Å². The van der Waals surface area contributed by atoms with E-state index >= 15 is 0 Å². The lowest BCUT2D eigenvalue weighted by atomic mass is 10.0. The second kappa shape index (κ2) is 10.9. The van der Waals surface area contributed by atoms with Crippen LogP contribution in [-0.4, -0.2) is 84.3 Å². The lowest BCUT2D eigenvalue weighted by Gasteiger charge is -2.49. The number of β-lactam (4-membered cyclic amide) rings is 1. The number of nitrogens with one attached hydrogen (secondary N) is 1. The summed E-state index contributed by atoms with van der Waals surface area (Å²) in [5, 5.41) is 25.2. The Kier molecular flexibility index (Phi) is 7.90. The third-order valence-corrected chi connectivity index (χ3v) is 8.84. The summed E-state index contributed by atoms with van der Waals surface area (Å²) in [7, 11) is 0. The molecule has 0 radical (unpaired) electrons. The number of carbonyl (C=O) groups excluding carboxylic acids is 2. The van der Waals surface area contributed by atoms with Crippen LogP contribution >= 0.6 is 46.2 Å². The minimum atomic E-state index is -1.20. The molecule has 2 amide bonds. The molecule has 35 heavy (non-hydrogen) atoms. The number of hydrogen-bond acceptors (Lipinski definition) is 14. The van der Waals surface area contributed by atoms with Crippen LogP contribution in [0.25, 0.3) is 0 Å². The van der Waals surface area contributed by atoms with Gasteiger partial charge in [-0.1, -0.05) is 28.3 Å². The molecule has 4 heterocycles. The molecule has 0 spiro atoms. The van der Waals surface area contributed by atoms with Gasteiger partial charge in [0.1, 0.15) is 34.4 Å². The summed E-state index contributed by atoms with van der Waals surface area (Å²) < 4.78 is 0.704. The standard InChI is InChI=1S/C18H20N8O5S4/c1-7(2-19)31-25-10(9-5-33-17(20)22-9)13(27)23-11-14(28)26-12(16(29)30)8(3-32-15(11)26)4-34-18-24-21-6-35-18/h5-7,11,15H,2-4,19H2,1H3,(H2,20,22)(H,23,27)(H,29,30)/b25-10+/t7?,11?,15-/m1/s1. The minimum absolute atomic E-state index is 0.0671. The van der Waals surface area contributed by atoms with Gasteiger partial charge < -0.3 is 26.7 Å². The molecule has 17 heteroatoms. The number of fused-ring (bicyclic) bond motifs is 1. The maximum atomic E-state index is 13.0. The van der Waals surface area contributed by atoms with E-state index < -0.39 is 35.3 Å². The van der Waals surface area contributed by atoms with E-state index in [4.69, 9.17) is 16.3 Å². The van der Waals surface area contributed by atoms with Crippen LogP contribution in [0.2, 0.25) is 0 Å². The van der Waals surface area contributed by atoms with Gasteiger partial charge in [-0.2, -0.15) is 0 Å². The van der Waals surface area contributed by atoms with Gasteiger partial charge in [0.25, 0.3) is 11.8 Å². The fraction of sp³-hybridized carbons (Fsp3) is 0.389. The summed E-state index contributed by atoms with van der Waals surface area (Å²) >= 11 is 5.19. The number of carboxylic acid groups (broad SMARTS) is 1. The van der Waals surface area contributed by atoms with E-state index in [1.807, 2.05) is 0 Å². The first-order valence-corrected chi connectivity index (χ1v) is 13.8. The van der Waals surface area contributed by atoms with Crippen LogP contribution in [0.4, 0.5) is 5.13 Å². The van der Waals surface area contributed by atoms with Crippen molar-refractivity contribution < 1.29 is 24.3 Å². The van der Waals surface area contributed by atoms with Gasteiger partial charge in [0.2, 0.25) is 0 Å². The Hall–Kier alpha value is -2.73. The van der Waals surface area contributed by atoms with Crippen molar-refractivity contribution in [2.45, 2.75) is 28.8 Å². The van der Waals surface area contributed by atoms with Crippen LogP contribution in [0.5, 0.6) is 0 Å². The highest BCUT2D eigenvalue weighted by Gasteiger charge is 2.54. The van der Waals surface area contributed by atoms with Crippen LogP contribution in [0.15, 0.2) is 31.7 Å². The quantitative estimate of drug-likeness (QED) is 0.134. The number of rotatable bonds is 10. The number of aliphatic carboxylic acids is 1. The highest BCUT2D eigenvalue weighted by atomic mass is 32.2. The fourth-order valence-corrected chi connectivity index (χ4v) is 6.69. The Balaban J connectivity index is 1.49. The van der Waals surface area contributed by atoms with Crippen molar-refractivity contribution in [3.63, 3.8) is 0 Å². The van der Waals surface area contributed by atoms with Gasteiger partial charge in [0, 0.05) is 23.4 Å². The lowest BCUT2D eigenvalue weighted by molar-refractivity contribution is -0.150. The minimum Gasteiger partial charge on any atom is -0.477 e. The predicted octanol–water partition coefficient (Wildman–Crippen LogP) is 0.176. The second-order valence-corrected chi connectivity index (χ2v) is 11.3. The van der Waals surface area contributed by atoms with Gasteiger partial charge >= 0.3 is 5.97 Å². The molecule has 3 atom stereocenters. The lowest BCUT2D eigenvalue weighted by Crippen LogP contribution is -2.71. The van der Waals surface area contributed by atoms with Crippen molar-refractivity contribution in [3.05, 3.63) is 27.9 Å². The van der Waals surface area contributed by atoms with Crippen molar-refractivity contribution in [3.8, 4) is 0 Å². The van der Waals surface area contributed by atoms with Gasteiger partial charge in [-0.05, 0) is 12.5 Å². The van der Waals surface area contributed by atoms with Crippen molar-refractivity contribution in [1.29, 1.82) is 0 Å². The summed E-state index contributed by atoms with van der Waals surface area (Å²) in [6, 6.07) is -0.938. The normalized spacial score (nSPS) is 20.8. The van der Waals surface area contributed by atoms with E-state index in [2.05, 4.69) is 25.7 Å². The molecule has 2 aliphatic heterocycles. The first-order valence-electron chi connectivity index (χ1n) is 10.0. The van der Waals surface area contributed by atoms with Crippen LogP contribution in [-0.2, 0) is 19.2 Å². The molecule has 2 aliphatic rings.